The van der Waals surface area contributed by atoms with Gasteiger partial charge < -0.3 is 4.98 Å². The van der Waals surface area contributed by atoms with Crippen molar-refractivity contribution in [1.29, 1.82) is 0 Å². The molecule has 0 aliphatic heterocycles. The van der Waals surface area contributed by atoms with E-state index in [4.69, 9.17) is 0 Å². The average molecular weight is 307 g/mol. The monoisotopic (exact) mass is 307 g/mol. The average Bonchev–Trinajstić information content (AvgIpc) is 2.86. The van der Waals surface area contributed by atoms with E-state index >= 15 is 0 Å². The molecular weight excluding hydrogens is 290 g/mol. The van der Waals surface area contributed by atoms with Crippen molar-refractivity contribution in [2.75, 3.05) is 0 Å². The Morgan fingerprint density at radius 3 is 2.60 bits per heavy atom. The number of H-pyrrole nitrogens is 1. The molecule has 5 heteroatoms. The SMILES string of the molecule is Cc1ccsc1/C=c1\s/c(=C/C(=O)C(C)(C)C)[nH]c1=O. The van der Waals surface area contributed by atoms with Crippen LogP contribution in [0.2, 0.25) is 0 Å². The maximum Gasteiger partial charge on any atom is 0.266 e. The number of aromatic nitrogens is 1. The van der Waals surface area contributed by atoms with E-state index in [9.17, 15) is 9.59 Å². The first-order valence-electron chi connectivity index (χ1n) is 6.28. The molecule has 2 aromatic rings. The number of hydrogen-bond donors (Lipinski definition) is 1. The fourth-order valence-electron chi connectivity index (χ4n) is 1.51. The lowest BCUT2D eigenvalue weighted by Crippen LogP contribution is -2.22. The third kappa shape index (κ3) is 3.35. The van der Waals surface area contributed by atoms with Crippen molar-refractivity contribution in [3.8, 4) is 0 Å². The van der Waals surface area contributed by atoms with E-state index in [0.29, 0.717) is 9.20 Å². The Morgan fingerprint density at radius 2 is 2.05 bits per heavy atom. The number of thiophene rings is 1. The summed E-state index contributed by atoms with van der Waals surface area (Å²) in [6.45, 7) is 7.60. The largest absolute Gasteiger partial charge is 0.313 e. The van der Waals surface area contributed by atoms with E-state index in [1.54, 1.807) is 11.3 Å². The Bertz CT molecular complexity index is 800. The van der Waals surface area contributed by atoms with E-state index in [1.165, 1.54) is 17.4 Å². The predicted molar refractivity (Wildman–Crippen MR) is 85.7 cm³/mol. The maximum atomic E-state index is 11.9. The van der Waals surface area contributed by atoms with Crippen molar-refractivity contribution in [3.63, 3.8) is 0 Å². The molecule has 0 saturated heterocycles. The van der Waals surface area contributed by atoms with Gasteiger partial charge in [-0.05, 0) is 30.0 Å². The number of Topliss-reactive ketones (excluding diaryl/α,β-unsaturated/α-hetero) is 1. The fraction of sp³-hybridized carbons (Fsp3) is 0.333. The summed E-state index contributed by atoms with van der Waals surface area (Å²) in [5.74, 6) is 0.00820. The third-order valence-corrected chi connectivity index (χ3v) is 4.77. The van der Waals surface area contributed by atoms with Crippen LogP contribution in [0.5, 0.6) is 0 Å². The van der Waals surface area contributed by atoms with Crippen molar-refractivity contribution in [3.05, 3.63) is 41.4 Å². The van der Waals surface area contributed by atoms with Gasteiger partial charge in [-0.15, -0.1) is 22.7 Å². The van der Waals surface area contributed by atoms with Gasteiger partial charge in [0, 0.05) is 16.4 Å². The zero-order valence-corrected chi connectivity index (χ0v) is 13.6. The predicted octanol–water partition coefficient (Wildman–Crippen LogP) is 2.03. The number of thiazole rings is 1. The normalized spacial score (nSPS) is 14.0. The first-order chi connectivity index (χ1) is 9.27. The Morgan fingerprint density at radius 1 is 1.35 bits per heavy atom. The number of hydrogen-bond acceptors (Lipinski definition) is 4. The second-order valence-electron chi connectivity index (χ2n) is 5.66. The summed E-state index contributed by atoms with van der Waals surface area (Å²) in [7, 11) is 0. The minimum atomic E-state index is -0.435. The van der Waals surface area contributed by atoms with Gasteiger partial charge in [0.15, 0.2) is 5.78 Å². The molecule has 0 aliphatic rings. The van der Waals surface area contributed by atoms with Crippen LogP contribution in [0.3, 0.4) is 0 Å². The molecule has 0 aromatic carbocycles. The second kappa shape index (κ2) is 5.50. The van der Waals surface area contributed by atoms with Gasteiger partial charge in [-0.3, -0.25) is 9.59 Å². The number of aryl methyl sites for hydroxylation is 1. The molecule has 2 heterocycles. The smallest absolute Gasteiger partial charge is 0.266 e. The zero-order chi connectivity index (χ0) is 14.9. The van der Waals surface area contributed by atoms with E-state index in [1.807, 2.05) is 45.2 Å². The molecule has 0 spiro atoms. The summed E-state index contributed by atoms with van der Waals surface area (Å²) in [4.78, 5) is 27.7. The molecule has 0 amide bonds. The van der Waals surface area contributed by atoms with Gasteiger partial charge in [0.1, 0.15) is 0 Å². The minimum Gasteiger partial charge on any atom is -0.313 e. The molecule has 3 nitrogen and oxygen atoms in total. The summed E-state index contributed by atoms with van der Waals surface area (Å²) < 4.78 is 1.24. The van der Waals surface area contributed by atoms with Crippen LogP contribution in [0.4, 0.5) is 0 Å². The van der Waals surface area contributed by atoms with Gasteiger partial charge in [0.25, 0.3) is 5.56 Å². The van der Waals surface area contributed by atoms with Gasteiger partial charge in [0.05, 0.1) is 9.20 Å². The van der Waals surface area contributed by atoms with Gasteiger partial charge in [0.2, 0.25) is 0 Å². The summed E-state index contributed by atoms with van der Waals surface area (Å²) in [5.41, 5.74) is 0.574. The van der Waals surface area contributed by atoms with Crippen LogP contribution < -0.4 is 14.8 Å². The molecule has 0 saturated carbocycles. The highest BCUT2D eigenvalue weighted by Crippen LogP contribution is 2.16. The molecule has 2 aromatic heterocycles. The fourth-order valence-corrected chi connectivity index (χ4v) is 3.31. The Hall–Kier alpha value is -1.46. The molecule has 1 N–H and O–H groups in total. The zero-order valence-electron chi connectivity index (χ0n) is 11.9. The van der Waals surface area contributed by atoms with Gasteiger partial charge in [-0.25, -0.2) is 0 Å². The quantitative estimate of drug-likeness (QED) is 0.923. The number of carbonyl (C=O) groups excluding carboxylic acids is 1. The Balaban J connectivity index is 2.49. The number of ketones is 1. The van der Waals surface area contributed by atoms with Crippen molar-refractivity contribution >= 4 is 40.6 Å². The first-order valence-corrected chi connectivity index (χ1v) is 7.98. The van der Waals surface area contributed by atoms with Crippen molar-refractivity contribution in [1.82, 2.24) is 4.98 Å². The van der Waals surface area contributed by atoms with Crippen molar-refractivity contribution in [2.24, 2.45) is 5.41 Å². The Labute approximate surface area is 125 Å². The van der Waals surface area contributed by atoms with Crippen LogP contribution in [-0.2, 0) is 4.79 Å². The molecule has 2 rings (SSSR count). The number of carbonyl (C=O) groups is 1. The third-order valence-electron chi connectivity index (χ3n) is 2.85. The lowest BCUT2D eigenvalue weighted by atomic mass is 9.91. The summed E-state index contributed by atoms with van der Waals surface area (Å²) >= 11 is 2.92. The lowest BCUT2D eigenvalue weighted by molar-refractivity contribution is -0.119. The molecule has 0 atom stereocenters. The van der Waals surface area contributed by atoms with Crippen LogP contribution in [0.1, 0.15) is 31.2 Å². The molecule has 0 radical (unpaired) electrons. The summed E-state index contributed by atoms with van der Waals surface area (Å²) in [6, 6.07) is 2.02. The van der Waals surface area contributed by atoms with E-state index < -0.39 is 5.41 Å². The van der Waals surface area contributed by atoms with Crippen LogP contribution in [0.25, 0.3) is 12.2 Å². The standard InChI is InChI=1S/C15H17NO2S2/c1-9-5-6-19-10(9)7-11-14(18)16-13(20-11)8-12(17)15(2,3)4/h5-8H,1-4H3,(H,16,18)/b11-7-,13-8+. The van der Waals surface area contributed by atoms with Gasteiger partial charge >= 0.3 is 0 Å². The van der Waals surface area contributed by atoms with Gasteiger partial charge in [-0.2, -0.15) is 0 Å². The van der Waals surface area contributed by atoms with E-state index in [0.717, 1.165) is 10.4 Å². The molecular formula is C15H17NO2S2. The van der Waals surface area contributed by atoms with E-state index in [-0.39, 0.29) is 11.3 Å². The summed E-state index contributed by atoms with van der Waals surface area (Å²) in [5, 5.41) is 2.00. The van der Waals surface area contributed by atoms with Crippen molar-refractivity contribution < 1.29 is 4.79 Å². The number of nitrogens with one attached hydrogen (secondary N) is 1. The minimum absolute atomic E-state index is 0.00820. The van der Waals surface area contributed by atoms with Crippen LogP contribution in [-0.4, -0.2) is 10.8 Å². The number of rotatable bonds is 2. The highest BCUT2D eigenvalue weighted by molar-refractivity contribution is 7.11. The molecule has 0 fully saturated rings. The van der Waals surface area contributed by atoms with Crippen molar-refractivity contribution in [2.45, 2.75) is 27.7 Å². The first kappa shape index (κ1) is 14.9. The molecule has 106 valence electrons. The topological polar surface area (TPSA) is 49.9 Å². The van der Waals surface area contributed by atoms with Gasteiger partial charge in [-0.1, -0.05) is 20.8 Å². The second-order valence-corrected chi connectivity index (χ2v) is 7.69. The molecule has 0 aliphatic carbocycles. The Kier molecular flexibility index (Phi) is 4.11. The maximum absolute atomic E-state index is 11.9. The van der Waals surface area contributed by atoms with Crippen LogP contribution in [0.15, 0.2) is 16.2 Å². The van der Waals surface area contributed by atoms with E-state index in [2.05, 4.69) is 4.98 Å². The molecule has 0 unspecified atom stereocenters. The highest BCUT2D eigenvalue weighted by Gasteiger charge is 2.18. The van der Waals surface area contributed by atoms with Crippen LogP contribution >= 0.6 is 22.7 Å². The highest BCUT2D eigenvalue weighted by atomic mass is 32.1. The molecule has 20 heavy (non-hydrogen) atoms. The summed E-state index contributed by atoms with van der Waals surface area (Å²) in [6.07, 6.45) is 3.40. The lowest BCUT2D eigenvalue weighted by Gasteiger charge is -2.12. The number of aromatic amines is 1. The van der Waals surface area contributed by atoms with Crippen LogP contribution in [0, 0.1) is 12.3 Å². The molecule has 0 bridgehead atoms.